The molecule has 0 atom stereocenters. The molecule has 2 N–H and O–H groups in total. The van der Waals surface area contributed by atoms with Gasteiger partial charge in [0, 0.05) is 0 Å². The van der Waals surface area contributed by atoms with E-state index >= 15 is 0 Å². The number of halogens is 1. The van der Waals surface area contributed by atoms with Gasteiger partial charge in [-0.05, 0) is 13.0 Å². The number of aromatic nitrogens is 2. The molecule has 0 spiro atoms. The summed E-state index contributed by atoms with van der Waals surface area (Å²) in [5.74, 6) is 0.135. The van der Waals surface area contributed by atoms with Crippen LogP contribution in [0.1, 0.15) is 6.92 Å². The van der Waals surface area contributed by atoms with Crippen LogP contribution in [0.4, 0.5) is 5.82 Å². The molecule has 5 nitrogen and oxygen atoms in total. The Labute approximate surface area is 82.3 Å². The maximum Gasteiger partial charge on any atom is 0.327 e. The summed E-state index contributed by atoms with van der Waals surface area (Å²) < 4.78 is 6.10. The van der Waals surface area contributed by atoms with Gasteiger partial charge in [0.1, 0.15) is 12.4 Å². The number of esters is 1. The minimum absolute atomic E-state index is 0. The molecule has 1 aromatic heterocycles. The van der Waals surface area contributed by atoms with Crippen LogP contribution in [-0.4, -0.2) is 22.4 Å². The van der Waals surface area contributed by atoms with Gasteiger partial charge in [0.05, 0.1) is 12.8 Å². The zero-order chi connectivity index (χ0) is 8.97. The van der Waals surface area contributed by atoms with Crippen LogP contribution in [0.3, 0.4) is 0 Å². The van der Waals surface area contributed by atoms with Crippen LogP contribution in [0.25, 0.3) is 0 Å². The first-order valence-electron chi connectivity index (χ1n) is 3.67. The number of nitrogens with two attached hydrogens (primary N) is 1. The number of nitrogen functional groups attached to an aromatic ring is 1. The second-order valence-electron chi connectivity index (χ2n) is 2.22. The Balaban J connectivity index is 0.00000144. The second-order valence-corrected chi connectivity index (χ2v) is 2.22. The van der Waals surface area contributed by atoms with Gasteiger partial charge in [0.15, 0.2) is 0 Å². The standard InChI is InChI=1S/C7H11N3O2.ClH/c1-2-12-7(11)5-10-6(8)3-4-9-10;/h3-4H,2,5,8H2,1H3;1H. The molecule has 1 rings (SSSR count). The Morgan fingerprint density at radius 1 is 1.77 bits per heavy atom. The predicted octanol–water partition coefficient (Wildman–Crippen LogP) is 0.450. The van der Waals surface area contributed by atoms with E-state index in [4.69, 9.17) is 10.5 Å². The highest BCUT2D eigenvalue weighted by molar-refractivity contribution is 5.85. The molecule has 0 fully saturated rings. The minimum Gasteiger partial charge on any atom is -0.465 e. The number of anilines is 1. The molecule has 0 saturated carbocycles. The Morgan fingerprint density at radius 3 is 2.92 bits per heavy atom. The van der Waals surface area contributed by atoms with Crippen molar-refractivity contribution in [2.24, 2.45) is 0 Å². The maximum atomic E-state index is 10.9. The van der Waals surface area contributed by atoms with E-state index in [0.29, 0.717) is 12.4 Å². The summed E-state index contributed by atoms with van der Waals surface area (Å²) in [6, 6.07) is 1.62. The molecule has 0 aliphatic carbocycles. The van der Waals surface area contributed by atoms with Gasteiger partial charge in [-0.2, -0.15) is 5.10 Å². The van der Waals surface area contributed by atoms with E-state index in [1.54, 1.807) is 13.0 Å². The molecule has 13 heavy (non-hydrogen) atoms. The van der Waals surface area contributed by atoms with E-state index in [2.05, 4.69) is 5.10 Å². The van der Waals surface area contributed by atoms with Crippen molar-refractivity contribution in [2.45, 2.75) is 13.5 Å². The van der Waals surface area contributed by atoms with E-state index < -0.39 is 0 Å². The summed E-state index contributed by atoms with van der Waals surface area (Å²) in [5, 5.41) is 3.83. The third-order valence-corrected chi connectivity index (χ3v) is 1.33. The number of ether oxygens (including phenoxy) is 1. The van der Waals surface area contributed by atoms with Gasteiger partial charge >= 0.3 is 5.97 Å². The monoisotopic (exact) mass is 205 g/mol. The number of carbonyl (C=O) groups excluding carboxylic acids is 1. The van der Waals surface area contributed by atoms with Gasteiger partial charge in [0.2, 0.25) is 0 Å². The summed E-state index contributed by atoms with van der Waals surface area (Å²) in [7, 11) is 0. The Morgan fingerprint density at radius 2 is 2.46 bits per heavy atom. The van der Waals surface area contributed by atoms with Crippen molar-refractivity contribution in [3.8, 4) is 0 Å². The SMILES string of the molecule is CCOC(=O)Cn1nccc1N.Cl. The third-order valence-electron chi connectivity index (χ3n) is 1.33. The molecule has 0 unspecified atom stereocenters. The molecule has 1 aromatic rings. The Hall–Kier alpha value is -1.23. The number of rotatable bonds is 3. The first-order chi connectivity index (χ1) is 5.74. The van der Waals surface area contributed by atoms with E-state index in [-0.39, 0.29) is 24.9 Å². The van der Waals surface area contributed by atoms with Gasteiger partial charge in [-0.3, -0.25) is 4.79 Å². The fraction of sp³-hybridized carbons (Fsp3) is 0.429. The van der Waals surface area contributed by atoms with Gasteiger partial charge in [-0.15, -0.1) is 12.4 Å². The van der Waals surface area contributed by atoms with Gasteiger partial charge < -0.3 is 10.5 Å². The Kier molecular flexibility index (Phi) is 4.91. The van der Waals surface area contributed by atoms with Crippen molar-refractivity contribution in [1.29, 1.82) is 0 Å². The zero-order valence-corrected chi connectivity index (χ0v) is 8.08. The van der Waals surface area contributed by atoms with Gasteiger partial charge in [-0.1, -0.05) is 0 Å². The van der Waals surface area contributed by atoms with Crippen molar-refractivity contribution in [1.82, 2.24) is 9.78 Å². The molecule has 0 aliphatic rings. The van der Waals surface area contributed by atoms with Crippen LogP contribution in [0.2, 0.25) is 0 Å². The highest BCUT2D eigenvalue weighted by Crippen LogP contribution is 1.99. The predicted molar refractivity (Wildman–Crippen MR) is 50.5 cm³/mol. The molecule has 0 saturated heterocycles. The third kappa shape index (κ3) is 3.33. The lowest BCUT2D eigenvalue weighted by atomic mass is 10.6. The number of carbonyl (C=O) groups is 1. The molecule has 0 amide bonds. The average molecular weight is 206 g/mol. The highest BCUT2D eigenvalue weighted by Gasteiger charge is 2.05. The van der Waals surface area contributed by atoms with Crippen molar-refractivity contribution >= 4 is 24.2 Å². The summed E-state index contributed by atoms with van der Waals surface area (Å²) in [6.45, 7) is 2.21. The topological polar surface area (TPSA) is 70.1 Å². The quantitative estimate of drug-likeness (QED) is 0.728. The van der Waals surface area contributed by atoms with Crippen LogP contribution < -0.4 is 5.73 Å². The Bertz CT molecular complexity index is 274. The molecule has 74 valence electrons. The fourth-order valence-corrected chi connectivity index (χ4v) is 0.804. The molecular weight excluding hydrogens is 194 g/mol. The molecular formula is C7H12ClN3O2. The molecule has 0 bridgehead atoms. The van der Waals surface area contributed by atoms with E-state index in [1.165, 1.54) is 10.9 Å². The minimum atomic E-state index is -0.326. The average Bonchev–Trinajstić information content (AvgIpc) is 2.37. The van der Waals surface area contributed by atoms with Gasteiger partial charge in [-0.25, -0.2) is 4.68 Å². The number of nitrogens with zero attached hydrogens (tertiary/aromatic N) is 2. The maximum absolute atomic E-state index is 10.9. The lowest BCUT2D eigenvalue weighted by molar-refractivity contribution is -0.143. The van der Waals surface area contributed by atoms with Crippen molar-refractivity contribution in [3.63, 3.8) is 0 Å². The summed E-state index contributed by atoms with van der Waals surface area (Å²) in [4.78, 5) is 10.9. The second kappa shape index (κ2) is 5.42. The van der Waals surface area contributed by atoms with Crippen molar-refractivity contribution < 1.29 is 9.53 Å². The highest BCUT2D eigenvalue weighted by atomic mass is 35.5. The zero-order valence-electron chi connectivity index (χ0n) is 7.27. The van der Waals surface area contributed by atoms with Crippen LogP contribution in [0.5, 0.6) is 0 Å². The summed E-state index contributed by atoms with van der Waals surface area (Å²) in [5.41, 5.74) is 5.48. The van der Waals surface area contributed by atoms with E-state index in [9.17, 15) is 4.79 Å². The van der Waals surface area contributed by atoms with E-state index in [1.807, 2.05) is 0 Å². The first-order valence-corrected chi connectivity index (χ1v) is 3.67. The molecule has 6 heteroatoms. The van der Waals surface area contributed by atoms with Gasteiger partial charge in [0.25, 0.3) is 0 Å². The largest absolute Gasteiger partial charge is 0.465 e. The van der Waals surface area contributed by atoms with Crippen molar-refractivity contribution in [2.75, 3.05) is 12.3 Å². The van der Waals surface area contributed by atoms with Crippen LogP contribution >= 0.6 is 12.4 Å². The van der Waals surface area contributed by atoms with Crippen LogP contribution in [0, 0.1) is 0 Å². The fourth-order valence-electron chi connectivity index (χ4n) is 0.804. The number of hydrogen-bond donors (Lipinski definition) is 1. The molecule has 0 aromatic carbocycles. The summed E-state index contributed by atoms with van der Waals surface area (Å²) in [6.07, 6.45) is 1.54. The number of hydrogen-bond acceptors (Lipinski definition) is 4. The molecule has 0 aliphatic heterocycles. The van der Waals surface area contributed by atoms with Crippen LogP contribution in [-0.2, 0) is 16.1 Å². The molecule has 0 radical (unpaired) electrons. The molecule has 1 heterocycles. The normalized spacial score (nSPS) is 9.00. The summed E-state index contributed by atoms with van der Waals surface area (Å²) >= 11 is 0. The smallest absolute Gasteiger partial charge is 0.327 e. The van der Waals surface area contributed by atoms with Crippen molar-refractivity contribution in [3.05, 3.63) is 12.3 Å². The van der Waals surface area contributed by atoms with Crippen LogP contribution in [0.15, 0.2) is 12.3 Å². The lowest BCUT2D eigenvalue weighted by Gasteiger charge is -2.02. The lowest BCUT2D eigenvalue weighted by Crippen LogP contribution is -2.15. The van der Waals surface area contributed by atoms with E-state index in [0.717, 1.165) is 0 Å². The first kappa shape index (κ1) is 11.8.